The zero-order chi connectivity index (χ0) is 5.98. The van der Waals surface area contributed by atoms with Crippen LogP contribution in [-0.2, 0) is 19.5 Å². The first-order valence-corrected chi connectivity index (χ1v) is 2.67. The first-order chi connectivity index (χ1) is 3.79. The van der Waals surface area contributed by atoms with Gasteiger partial charge in [0.2, 0.25) is 0 Å². The third-order valence-electron chi connectivity index (χ3n) is 1.12. The van der Waals surface area contributed by atoms with Gasteiger partial charge in [-0.3, -0.25) is 0 Å². The predicted octanol–water partition coefficient (Wildman–Crippen LogP) is -0.736. The topological polar surface area (TPSA) is 0 Å². The fraction of sp³-hybridized carbons (Fsp3) is 0.125. The van der Waals surface area contributed by atoms with Gasteiger partial charge in [0.05, 0.1) is 0 Å². The minimum Gasteiger partial charge on any atom is -1.00 e. The molecule has 0 nitrogen and oxygen atoms in total. The van der Waals surface area contributed by atoms with E-state index >= 15 is 0 Å². The Labute approximate surface area is 85.6 Å². The van der Waals surface area contributed by atoms with Gasteiger partial charge in [0.25, 0.3) is 0 Å². The van der Waals surface area contributed by atoms with Crippen LogP contribution in [0.4, 0.5) is 0 Å². The molecule has 0 fully saturated rings. The maximum atomic E-state index is 3.76. The van der Waals surface area contributed by atoms with Crippen LogP contribution in [-0.4, -0.2) is 0 Å². The summed E-state index contributed by atoms with van der Waals surface area (Å²) in [6.45, 7) is 5.83. The van der Waals surface area contributed by atoms with Gasteiger partial charge in [0, 0.05) is 25.4 Å². The van der Waals surface area contributed by atoms with E-state index in [4.69, 9.17) is 0 Å². The summed E-state index contributed by atoms with van der Waals surface area (Å²) in [6, 6.07) is 0. The molecule has 0 bridgehead atoms. The number of hydrogen-bond acceptors (Lipinski definition) is 0. The van der Waals surface area contributed by atoms with Crippen LogP contribution >= 0.6 is 0 Å². The van der Waals surface area contributed by atoms with Gasteiger partial charge in [-0.25, -0.2) is 0 Å². The van der Waals surface area contributed by atoms with Crippen LogP contribution in [0.2, 0.25) is 0 Å². The second-order valence-electron chi connectivity index (χ2n) is 1.99. The zero-order valence-electron chi connectivity index (χ0n) is 6.10. The monoisotopic (exact) mass is 248 g/mol. The average molecular weight is 250 g/mol. The van der Waals surface area contributed by atoms with Crippen molar-refractivity contribution in [3.8, 4) is 0 Å². The molecule has 0 unspecified atom stereocenters. The van der Waals surface area contributed by atoms with Crippen LogP contribution in [0.25, 0.3) is 0 Å². The largest absolute Gasteiger partial charge is 1.00 e. The van der Waals surface area contributed by atoms with Crippen molar-refractivity contribution in [1.29, 1.82) is 0 Å². The third kappa shape index (κ3) is 4.19. The van der Waals surface area contributed by atoms with Crippen molar-refractivity contribution in [3.05, 3.63) is 42.4 Å². The van der Waals surface area contributed by atoms with E-state index in [1.54, 1.807) is 0 Å². The van der Waals surface area contributed by atoms with E-state index < -0.39 is 0 Å². The van der Waals surface area contributed by atoms with Crippen molar-refractivity contribution in [1.82, 2.24) is 0 Å². The molecular formula is C8H9BrZn-. The van der Waals surface area contributed by atoms with Gasteiger partial charge in [-0.05, 0) is 5.57 Å². The van der Waals surface area contributed by atoms with E-state index in [0.717, 1.165) is 5.57 Å². The Balaban J connectivity index is 0. The summed E-state index contributed by atoms with van der Waals surface area (Å²) in [6.07, 6.45) is 8.13. The predicted molar refractivity (Wildman–Crippen MR) is 36.3 cm³/mol. The number of hydrogen-bond donors (Lipinski definition) is 0. The molecule has 0 heterocycles. The van der Waals surface area contributed by atoms with Gasteiger partial charge in [0.15, 0.2) is 0 Å². The Morgan fingerprint density at radius 1 is 1.10 bits per heavy atom. The summed E-state index contributed by atoms with van der Waals surface area (Å²) in [4.78, 5) is 0. The minimum atomic E-state index is 0. The molecule has 1 rings (SSSR count). The molecular weight excluding hydrogens is 241 g/mol. The molecule has 10 heavy (non-hydrogen) atoms. The first kappa shape index (κ1) is 13.0. The summed E-state index contributed by atoms with van der Waals surface area (Å²) in [5.41, 5.74) is 1.08. The molecule has 0 amide bonds. The second kappa shape index (κ2) is 6.06. The van der Waals surface area contributed by atoms with Crippen LogP contribution in [0.15, 0.2) is 36.5 Å². The molecule has 0 saturated carbocycles. The molecule has 1 radical (unpaired) electrons. The van der Waals surface area contributed by atoms with Gasteiger partial charge in [-0.2, -0.15) is 0 Å². The SMILES string of the molecule is C=C1C=C[C](C)C=C1.[Br-].[Zn]. The van der Waals surface area contributed by atoms with Gasteiger partial charge < -0.3 is 17.0 Å². The summed E-state index contributed by atoms with van der Waals surface area (Å²) >= 11 is 0. The standard InChI is InChI=1S/C8H9.BrH.Zn/c1-7-3-5-8(2)6-4-7;;/h3-6H,1H2,2H3;1H;/p-1. The Hall–Kier alpha value is 0.323. The van der Waals surface area contributed by atoms with Gasteiger partial charge in [-0.1, -0.05) is 37.8 Å². The van der Waals surface area contributed by atoms with Crippen LogP contribution in [0, 0.1) is 5.92 Å². The smallest absolute Gasteiger partial charge is 0.0163 e. The van der Waals surface area contributed by atoms with Crippen molar-refractivity contribution in [3.63, 3.8) is 0 Å². The molecule has 51 valence electrons. The van der Waals surface area contributed by atoms with E-state index in [9.17, 15) is 0 Å². The van der Waals surface area contributed by atoms with Crippen LogP contribution in [0.5, 0.6) is 0 Å². The van der Waals surface area contributed by atoms with Gasteiger partial charge in [-0.15, -0.1) is 0 Å². The maximum Gasteiger partial charge on any atom is 0.0163 e. The summed E-state index contributed by atoms with van der Waals surface area (Å²) < 4.78 is 0. The van der Waals surface area contributed by atoms with Gasteiger partial charge in [0.1, 0.15) is 0 Å². The number of rotatable bonds is 0. The molecule has 0 atom stereocenters. The minimum absolute atomic E-state index is 0. The Kier molecular flexibility index (Phi) is 7.85. The molecule has 0 aromatic rings. The normalized spacial score (nSPS) is 15.9. The molecule has 0 saturated heterocycles. The molecule has 2 heteroatoms. The van der Waals surface area contributed by atoms with Crippen molar-refractivity contribution in [2.75, 3.05) is 0 Å². The molecule has 0 aliphatic heterocycles. The molecule has 1 aliphatic rings. The summed E-state index contributed by atoms with van der Waals surface area (Å²) in [5.74, 6) is 1.29. The van der Waals surface area contributed by atoms with E-state index in [1.807, 2.05) is 12.2 Å². The average Bonchev–Trinajstić information content (AvgIpc) is 1.77. The number of allylic oxidation sites excluding steroid dienone is 5. The number of halogens is 1. The van der Waals surface area contributed by atoms with Crippen LogP contribution in [0.1, 0.15) is 6.92 Å². The summed E-state index contributed by atoms with van der Waals surface area (Å²) in [5, 5.41) is 0. The first-order valence-electron chi connectivity index (χ1n) is 2.67. The second-order valence-corrected chi connectivity index (χ2v) is 1.99. The van der Waals surface area contributed by atoms with E-state index in [-0.39, 0.29) is 36.5 Å². The van der Waals surface area contributed by atoms with E-state index in [1.165, 1.54) is 5.92 Å². The van der Waals surface area contributed by atoms with Crippen molar-refractivity contribution in [2.45, 2.75) is 6.92 Å². The van der Waals surface area contributed by atoms with Gasteiger partial charge >= 0.3 is 0 Å². The molecule has 0 N–H and O–H groups in total. The summed E-state index contributed by atoms with van der Waals surface area (Å²) in [7, 11) is 0. The quantitative estimate of drug-likeness (QED) is 0.497. The third-order valence-corrected chi connectivity index (χ3v) is 1.12. The Morgan fingerprint density at radius 3 is 1.80 bits per heavy atom. The van der Waals surface area contributed by atoms with Crippen LogP contribution < -0.4 is 17.0 Å². The maximum absolute atomic E-state index is 3.76. The van der Waals surface area contributed by atoms with Crippen molar-refractivity contribution >= 4 is 0 Å². The van der Waals surface area contributed by atoms with Crippen LogP contribution in [0.3, 0.4) is 0 Å². The van der Waals surface area contributed by atoms with Crippen molar-refractivity contribution < 1.29 is 36.5 Å². The van der Waals surface area contributed by atoms with Crippen molar-refractivity contribution in [2.24, 2.45) is 0 Å². The fourth-order valence-electron chi connectivity index (χ4n) is 0.588. The molecule has 0 spiro atoms. The Morgan fingerprint density at radius 2 is 1.50 bits per heavy atom. The molecule has 0 aromatic heterocycles. The van der Waals surface area contributed by atoms with E-state index in [2.05, 4.69) is 25.7 Å². The van der Waals surface area contributed by atoms with E-state index in [0.29, 0.717) is 0 Å². The fourth-order valence-corrected chi connectivity index (χ4v) is 0.588. The Bertz CT molecular complexity index is 143. The molecule has 1 aliphatic carbocycles. The zero-order valence-corrected chi connectivity index (χ0v) is 10.7. The molecule has 0 aromatic carbocycles.